The topological polar surface area (TPSA) is 20.2 Å². The summed E-state index contributed by atoms with van der Waals surface area (Å²) >= 11 is 0. The first kappa shape index (κ1) is 7.54. The van der Waals surface area contributed by atoms with Gasteiger partial charge in [0.05, 0.1) is 0 Å². The summed E-state index contributed by atoms with van der Waals surface area (Å²) in [6.45, 7) is 0. The average Bonchev–Trinajstić information content (AvgIpc) is 1.69. The maximum Gasteiger partial charge on any atom is 0.00321 e. The molecule has 0 saturated heterocycles. The molecule has 1 nitrogen and oxygen atoms in total. The third-order valence-corrected chi connectivity index (χ3v) is 0.691. The van der Waals surface area contributed by atoms with Gasteiger partial charge in [-0.2, -0.15) is 18.2 Å². The molecule has 0 aromatic heterocycles. The van der Waals surface area contributed by atoms with Crippen LogP contribution < -0.4 is 0 Å². The summed E-state index contributed by atoms with van der Waals surface area (Å²) in [5, 5.41) is 8.60. The number of hydrogen-bond acceptors (Lipinski definition) is 1. The predicted octanol–water partition coefficient (Wildman–Crippen LogP) is 1.19. The molecule has 1 aromatic carbocycles. The van der Waals surface area contributed by atoms with Crippen molar-refractivity contribution in [1.29, 1.82) is 0 Å². The van der Waals surface area contributed by atoms with Crippen LogP contribution >= 0.6 is 0 Å². The van der Waals surface area contributed by atoms with Crippen LogP contribution in [0, 0.1) is 6.07 Å². The van der Waals surface area contributed by atoms with Crippen molar-refractivity contribution in [3.05, 3.63) is 30.3 Å². The minimum atomic E-state index is 0. The van der Waals surface area contributed by atoms with Crippen LogP contribution in [0.1, 0.15) is 0 Å². The molecule has 2 heteroatoms. The second-order valence-corrected chi connectivity index (χ2v) is 1.26. The number of benzene rings is 1. The first-order chi connectivity index (χ1) is 3.39. The van der Waals surface area contributed by atoms with E-state index in [2.05, 4.69) is 6.07 Å². The molecule has 1 N–H and O–H groups in total. The summed E-state index contributed by atoms with van der Waals surface area (Å²) < 4.78 is 0. The Labute approximate surface area is 58.8 Å². The van der Waals surface area contributed by atoms with Gasteiger partial charge in [0.2, 0.25) is 0 Å². The van der Waals surface area contributed by atoms with Gasteiger partial charge in [-0.05, 0) is 0 Å². The Morgan fingerprint density at radius 1 is 1.50 bits per heavy atom. The number of aromatic hydroxyl groups is 1. The van der Waals surface area contributed by atoms with E-state index in [1.54, 1.807) is 18.2 Å². The molecule has 0 saturated carbocycles. The summed E-state index contributed by atoms with van der Waals surface area (Å²) in [5.41, 5.74) is 0. The molecule has 1 rings (SSSR count). The Kier molecular flexibility index (Phi) is 3.33. The van der Waals surface area contributed by atoms with Crippen molar-refractivity contribution in [3.63, 3.8) is 0 Å². The molecule has 0 radical (unpaired) electrons. The molecule has 0 aliphatic heterocycles. The van der Waals surface area contributed by atoms with Gasteiger partial charge < -0.3 is 5.11 Å². The molecular formula is C6H5FeO-. The maximum absolute atomic E-state index is 8.60. The first-order valence-electron chi connectivity index (χ1n) is 2.04. The van der Waals surface area contributed by atoms with Gasteiger partial charge in [-0.15, -0.1) is 12.1 Å². The average molecular weight is 149 g/mol. The largest absolute Gasteiger partial charge is 0.566 e. The van der Waals surface area contributed by atoms with E-state index in [1.165, 1.54) is 6.07 Å². The molecule has 44 valence electrons. The van der Waals surface area contributed by atoms with Crippen molar-refractivity contribution < 1.29 is 22.2 Å². The van der Waals surface area contributed by atoms with Crippen LogP contribution in [0.2, 0.25) is 0 Å². The van der Waals surface area contributed by atoms with E-state index < -0.39 is 0 Å². The smallest absolute Gasteiger partial charge is 0.00321 e. The van der Waals surface area contributed by atoms with Crippen LogP contribution in [0.5, 0.6) is 5.75 Å². The van der Waals surface area contributed by atoms with Crippen LogP contribution in [-0.2, 0) is 17.1 Å². The Balaban J connectivity index is 0.000000490. The van der Waals surface area contributed by atoms with Gasteiger partial charge in [-0.25, -0.2) is 0 Å². The van der Waals surface area contributed by atoms with Crippen LogP contribution in [0.15, 0.2) is 24.3 Å². The molecule has 0 fully saturated rings. The molecule has 8 heavy (non-hydrogen) atoms. The van der Waals surface area contributed by atoms with Crippen molar-refractivity contribution in [1.82, 2.24) is 0 Å². The van der Waals surface area contributed by atoms with E-state index in [0.29, 0.717) is 0 Å². The fraction of sp³-hybridized carbons (Fsp3) is 0. The zero-order chi connectivity index (χ0) is 5.11. The summed E-state index contributed by atoms with van der Waals surface area (Å²) in [4.78, 5) is 0. The number of rotatable bonds is 0. The molecular weight excluding hydrogens is 144 g/mol. The normalized spacial score (nSPS) is 7.50. The van der Waals surface area contributed by atoms with Crippen LogP contribution in [0.4, 0.5) is 0 Å². The van der Waals surface area contributed by atoms with Crippen LogP contribution in [0.25, 0.3) is 0 Å². The van der Waals surface area contributed by atoms with E-state index in [1.807, 2.05) is 0 Å². The fourth-order valence-electron chi connectivity index (χ4n) is 0.384. The third-order valence-electron chi connectivity index (χ3n) is 0.691. The van der Waals surface area contributed by atoms with E-state index in [4.69, 9.17) is 5.11 Å². The zero-order valence-corrected chi connectivity index (χ0v) is 5.21. The second-order valence-electron chi connectivity index (χ2n) is 1.26. The van der Waals surface area contributed by atoms with E-state index >= 15 is 0 Å². The molecule has 0 aliphatic carbocycles. The van der Waals surface area contributed by atoms with Gasteiger partial charge in [0.25, 0.3) is 0 Å². The molecule has 0 amide bonds. The SMILES string of the molecule is Oc1c[c-]ccc1.[Fe]. The van der Waals surface area contributed by atoms with Crippen LogP contribution in [-0.4, -0.2) is 5.11 Å². The Morgan fingerprint density at radius 2 is 2.25 bits per heavy atom. The standard InChI is InChI=1S/C6H5O.Fe/c7-6-4-2-1-3-5-6;/h1-2,4-5,7H;/q-1;. The summed E-state index contributed by atoms with van der Waals surface area (Å²) in [6.07, 6.45) is 0. The molecule has 0 aliphatic rings. The molecule has 0 unspecified atom stereocenters. The Bertz CT molecular complexity index is 138. The predicted molar refractivity (Wildman–Crippen MR) is 26.9 cm³/mol. The summed E-state index contributed by atoms with van der Waals surface area (Å²) in [5.74, 6) is 0.266. The van der Waals surface area contributed by atoms with E-state index in [9.17, 15) is 0 Å². The van der Waals surface area contributed by atoms with Crippen molar-refractivity contribution in [2.24, 2.45) is 0 Å². The first-order valence-corrected chi connectivity index (χ1v) is 2.04. The maximum atomic E-state index is 8.60. The van der Waals surface area contributed by atoms with Crippen molar-refractivity contribution >= 4 is 0 Å². The quantitative estimate of drug-likeness (QED) is 0.433. The van der Waals surface area contributed by atoms with Crippen molar-refractivity contribution in [2.45, 2.75) is 0 Å². The monoisotopic (exact) mass is 149 g/mol. The minimum absolute atomic E-state index is 0. The van der Waals surface area contributed by atoms with Gasteiger partial charge in [0.1, 0.15) is 0 Å². The number of phenols is 1. The number of phenolic OH excluding ortho intramolecular Hbond substituents is 1. The van der Waals surface area contributed by atoms with Crippen molar-refractivity contribution in [3.8, 4) is 5.75 Å². The minimum Gasteiger partial charge on any atom is -0.566 e. The molecule has 0 bridgehead atoms. The van der Waals surface area contributed by atoms with Crippen LogP contribution in [0.3, 0.4) is 0 Å². The van der Waals surface area contributed by atoms with Gasteiger partial charge in [-0.1, -0.05) is 0 Å². The molecule has 0 spiro atoms. The Hall–Kier alpha value is -0.461. The number of hydrogen-bond donors (Lipinski definition) is 1. The summed E-state index contributed by atoms with van der Waals surface area (Å²) in [7, 11) is 0. The fourth-order valence-corrected chi connectivity index (χ4v) is 0.384. The van der Waals surface area contributed by atoms with Gasteiger partial charge in [0.15, 0.2) is 0 Å². The molecule has 0 atom stereocenters. The Morgan fingerprint density at radius 3 is 2.50 bits per heavy atom. The molecule has 1 aromatic rings. The second kappa shape index (κ2) is 3.53. The van der Waals surface area contributed by atoms with E-state index in [0.717, 1.165) is 0 Å². The van der Waals surface area contributed by atoms with Crippen molar-refractivity contribution in [2.75, 3.05) is 0 Å². The van der Waals surface area contributed by atoms with Gasteiger partial charge in [-0.3, -0.25) is 0 Å². The van der Waals surface area contributed by atoms with Gasteiger partial charge in [0, 0.05) is 22.8 Å². The van der Waals surface area contributed by atoms with Gasteiger partial charge >= 0.3 is 0 Å². The molecule has 0 heterocycles. The zero-order valence-electron chi connectivity index (χ0n) is 4.11. The third kappa shape index (κ3) is 2.01. The summed E-state index contributed by atoms with van der Waals surface area (Å²) in [6, 6.07) is 9.30. The van der Waals surface area contributed by atoms with E-state index in [-0.39, 0.29) is 22.8 Å².